The lowest BCUT2D eigenvalue weighted by Crippen LogP contribution is -2.00. The van der Waals surface area contributed by atoms with Gasteiger partial charge in [0.25, 0.3) is 0 Å². The Labute approximate surface area is 183 Å². The number of hydrogen-bond acceptors (Lipinski definition) is 1. The van der Waals surface area contributed by atoms with Gasteiger partial charge in [-0.05, 0) is 24.0 Å². The summed E-state index contributed by atoms with van der Waals surface area (Å²) in [5.74, 6) is 0.995. The number of fused-ring (bicyclic) bond motifs is 1. The highest BCUT2D eigenvalue weighted by molar-refractivity contribution is 5.82. The van der Waals surface area contributed by atoms with Crippen molar-refractivity contribution in [3.05, 3.63) is 96.7 Å². The van der Waals surface area contributed by atoms with E-state index in [-0.39, 0.29) is 0 Å². The predicted molar refractivity (Wildman–Crippen MR) is 129 cm³/mol. The molecule has 0 fully saturated rings. The Kier molecular flexibility index (Phi) is 5.17. The zero-order valence-electron chi connectivity index (χ0n) is 18.1. The maximum absolute atomic E-state index is 5.18. The predicted octanol–water partition coefficient (Wildman–Crippen LogP) is 7.11. The highest BCUT2D eigenvalue weighted by atomic mass is 15.2. The quantitative estimate of drug-likeness (QED) is 0.295. The van der Waals surface area contributed by atoms with Crippen molar-refractivity contribution in [2.24, 2.45) is 0 Å². The molecule has 0 N–H and O–H groups in total. The van der Waals surface area contributed by atoms with Crippen molar-refractivity contribution < 1.29 is 0 Å². The average Bonchev–Trinajstić information content (AvgIpc) is 3.37. The average molecular weight is 406 g/mol. The van der Waals surface area contributed by atoms with Crippen molar-refractivity contribution in [3.63, 3.8) is 0 Å². The standard InChI is InChI=1S/C28H27N3/c1-3-19-30-25(22-17-15-21(4-2)16-18-22)20-31-27(24-13-9-6-10-14-24)26(29-28(30)31)23-11-7-5-8-12-23/h5-18,20H,3-4,19H2,1-2H3. The lowest BCUT2D eigenvalue weighted by Gasteiger charge is -2.08. The molecule has 0 saturated carbocycles. The van der Waals surface area contributed by atoms with Gasteiger partial charge in [0, 0.05) is 23.9 Å². The highest BCUT2D eigenvalue weighted by Crippen LogP contribution is 2.35. The van der Waals surface area contributed by atoms with Crippen molar-refractivity contribution in [1.82, 2.24) is 14.0 Å². The molecule has 3 heteroatoms. The maximum atomic E-state index is 5.18. The summed E-state index contributed by atoms with van der Waals surface area (Å²) >= 11 is 0. The number of benzene rings is 3. The summed E-state index contributed by atoms with van der Waals surface area (Å²) in [6.45, 7) is 5.35. The highest BCUT2D eigenvalue weighted by Gasteiger charge is 2.21. The Hall–Kier alpha value is -3.59. The van der Waals surface area contributed by atoms with Crippen molar-refractivity contribution >= 4 is 5.78 Å². The molecule has 3 aromatic carbocycles. The molecule has 0 aliphatic rings. The maximum Gasteiger partial charge on any atom is 0.215 e. The summed E-state index contributed by atoms with van der Waals surface area (Å²) in [4.78, 5) is 5.18. The van der Waals surface area contributed by atoms with Gasteiger partial charge in [-0.25, -0.2) is 4.98 Å². The molecule has 2 heterocycles. The van der Waals surface area contributed by atoms with Crippen LogP contribution in [0.15, 0.2) is 91.1 Å². The molecule has 2 aromatic heterocycles. The lowest BCUT2D eigenvalue weighted by molar-refractivity contribution is 0.700. The van der Waals surface area contributed by atoms with Gasteiger partial charge in [0.2, 0.25) is 5.78 Å². The van der Waals surface area contributed by atoms with Crippen molar-refractivity contribution in [1.29, 1.82) is 0 Å². The molecular weight excluding hydrogens is 378 g/mol. The number of aromatic nitrogens is 3. The fourth-order valence-corrected chi connectivity index (χ4v) is 4.29. The first kappa shape index (κ1) is 19.4. The molecule has 3 nitrogen and oxygen atoms in total. The van der Waals surface area contributed by atoms with Gasteiger partial charge < -0.3 is 4.57 Å². The lowest BCUT2D eigenvalue weighted by atomic mass is 10.0. The van der Waals surface area contributed by atoms with E-state index < -0.39 is 0 Å². The second-order valence-electron chi connectivity index (χ2n) is 7.93. The van der Waals surface area contributed by atoms with Crippen molar-refractivity contribution in [2.75, 3.05) is 0 Å². The summed E-state index contributed by atoms with van der Waals surface area (Å²) < 4.78 is 4.64. The molecule has 0 atom stereocenters. The zero-order chi connectivity index (χ0) is 21.2. The number of hydrogen-bond donors (Lipinski definition) is 0. The molecule has 0 radical (unpaired) electrons. The largest absolute Gasteiger partial charge is 0.310 e. The molecule has 5 aromatic rings. The second kappa shape index (κ2) is 8.27. The first-order valence-electron chi connectivity index (χ1n) is 11.1. The Balaban J connectivity index is 1.78. The third-order valence-corrected chi connectivity index (χ3v) is 5.88. The molecule has 0 saturated heterocycles. The van der Waals surface area contributed by atoms with Gasteiger partial charge in [0.05, 0.1) is 17.1 Å². The number of aryl methyl sites for hydroxylation is 2. The molecule has 0 aliphatic heterocycles. The minimum atomic E-state index is 0.931. The van der Waals surface area contributed by atoms with E-state index in [9.17, 15) is 0 Å². The number of imidazole rings is 2. The Morgan fingerprint density at radius 2 is 1.35 bits per heavy atom. The van der Waals surface area contributed by atoms with Gasteiger partial charge in [0.15, 0.2) is 0 Å². The molecule has 154 valence electrons. The van der Waals surface area contributed by atoms with Crippen LogP contribution in [-0.4, -0.2) is 14.0 Å². The minimum Gasteiger partial charge on any atom is -0.310 e. The monoisotopic (exact) mass is 405 g/mol. The first-order chi connectivity index (χ1) is 15.3. The van der Waals surface area contributed by atoms with Gasteiger partial charge in [-0.1, -0.05) is 98.8 Å². The number of rotatable bonds is 6. The van der Waals surface area contributed by atoms with Crippen LogP contribution in [0.2, 0.25) is 0 Å². The van der Waals surface area contributed by atoms with Crippen molar-refractivity contribution in [3.8, 4) is 33.8 Å². The van der Waals surface area contributed by atoms with Crippen LogP contribution in [0.4, 0.5) is 0 Å². The second-order valence-corrected chi connectivity index (χ2v) is 7.93. The van der Waals surface area contributed by atoms with E-state index in [0.29, 0.717) is 0 Å². The van der Waals surface area contributed by atoms with E-state index in [1.807, 2.05) is 0 Å². The summed E-state index contributed by atoms with van der Waals surface area (Å²) in [7, 11) is 0. The van der Waals surface area contributed by atoms with Crippen LogP contribution in [0.5, 0.6) is 0 Å². The number of nitrogens with zero attached hydrogens (tertiary/aromatic N) is 3. The van der Waals surface area contributed by atoms with Crippen molar-refractivity contribution in [2.45, 2.75) is 33.2 Å². The van der Waals surface area contributed by atoms with E-state index in [1.165, 1.54) is 22.4 Å². The van der Waals surface area contributed by atoms with Crippen LogP contribution in [0.3, 0.4) is 0 Å². The van der Waals surface area contributed by atoms with Crippen LogP contribution in [0.1, 0.15) is 25.8 Å². The summed E-state index contributed by atoms with van der Waals surface area (Å²) in [6.07, 6.45) is 4.37. The fourth-order valence-electron chi connectivity index (χ4n) is 4.29. The van der Waals surface area contributed by atoms with Crippen LogP contribution >= 0.6 is 0 Å². The Morgan fingerprint density at radius 3 is 1.97 bits per heavy atom. The van der Waals surface area contributed by atoms with Gasteiger partial charge in [-0.15, -0.1) is 0 Å². The molecular formula is C28H27N3. The van der Waals surface area contributed by atoms with E-state index >= 15 is 0 Å². The van der Waals surface area contributed by atoms with E-state index in [0.717, 1.165) is 42.1 Å². The molecule has 0 bridgehead atoms. The summed E-state index contributed by atoms with van der Waals surface area (Å²) in [5.41, 5.74) is 8.29. The zero-order valence-corrected chi connectivity index (χ0v) is 18.1. The SMILES string of the molecule is CCCn1c(-c2ccc(CC)cc2)cn2c(-c3ccccc3)c(-c3ccccc3)nc12. The van der Waals surface area contributed by atoms with Crippen LogP contribution in [0.25, 0.3) is 39.5 Å². The molecule has 0 aliphatic carbocycles. The Bertz CT molecular complexity index is 1290. The summed E-state index contributed by atoms with van der Waals surface area (Å²) in [6, 6.07) is 30.0. The van der Waals surface area contributed by atoms with E-state index in [4.69, 9.17) is 4.98 Å². The summed E-state index contributed by atoms with van der Waals surface area (Å²) in [5, 5.41) is 0. The van der Waals surface area contributed by atoms with Gasteiger partial charge in [-0.3, -0.25) is 4.40 Å². The molecule has 0 unspecified atom stereocenters. The molecule has 0 spiro atoms. The fraction of sp³-hybridized carbons (Fsp3) is 0.179. The Morgan fingerprint density at radius 1 is 0.710 bits per heavy atom. The molecule has 31 heavy (non-hydrogen) atoms. The molecule has 5 rings (SSSR count). The first-order valence-corrected chi connectivity index (χ1v) is 11.1. The van der Waals surface area contributed by atoms with Gasteiger partial charge in [-0.2, -0.15) is 0 Å². The normalized spacial score (nSPS) is 11.3. The van der Waals surface area contributed by atoms with Crippen LogP contribution < -0.4 is 0 Å². The van der Waals surface area contributed by atoms with Gasteiger partial charge >= 0.3 is 0 Å². The smallest absolute Gasteiger partial charge is 0.215 e. The molecule has 0 amide bonds. The third-order valence-electron chi connectivity index (χ3n) is 5.88. The van der Waals surface area contributed by atoms with Gasteiger partial charge in [0.1, 0.15) is 0 Å². The van der Waals surface area contributed by atoms with Crippen LogP contribution in [0, 0.1) is 0 Å². The van der Waals surface area contributed by atoms with E-state index in [1.54, 1.807) is 0 Å². The minimum absolute atomic E-state index is 0.931. The van der Waals surface area contributed by atoms with Crippen LogP contribution in [-0.2, 0) is 13.0 Å². The third kappa shape index (κ3) is 3.46. The van der Waals surface area contributed by atoms with E-state index in [2.05, 4.69) is 114 Å². The topological polar surface area (TPSA) is 22.2 Å².